The van der Waals surface area contributed by atoms with Crippen molar-refractivity contribution in [3.05, 3.63) is 30.3 Å². The van der Waals surface area contributed by atoms with Crippen molar-refractivity contribution in [3.63, 3.8) is 0 Å². The standard InChI is InChI=1S/C14H22N2O2/c1-18-11-14(17)10-16-8-7-13(9-16)15-12-5-3-2-4-6-12/h2-6,13-15,17H,7-11H2,1H3/t13-,14+/m0/s1. The molecular weight excluding hydrogens is 228 g/mol. The highest BCUT2D eigenvalue weighted by Crippen LogP contribution is 2.15. The second-order valence-corrected chi connectivity index (χ2v) is 4.86. The highest BCUT2D eigenvalue weighted by molar-refractivity contribution is 5.43. The van der Waals surface area contributed by atoms with Gasteiger partial charge < -0.3 is 15.2 Å². The Hall–Kier alpha value is -1.10. The molecule has 18 heavy (non-hydrogen) atoms. The van der Waals surface area contributed by atoms with Crippen LogP contribution in [-0.2, 0) is 4.74 Å². The van der Waals surface area contributed by atoms with E-state index in [0.717, 1.165) is 19.5 Å². The van der Waals surface area contributed by atoms with E-state index < -0.39 is 0 Å². The van der Waals surface area contributed by atoms with Crippen LogP contribution in [0, 0.1) is 0 Å². The number of methoxy groups -OCH3 is 1. The zero-order chi connectivity index (χ0) is 12.8. The Balaban J connectivity index is 1.75. The van der Waals surface area contributed by atoms with Crippen LogP contribution in [0.2, 0.25) is 0 Å². The molecule has 1 fully saturated rings. The molecule has 0 aromatic heterocycles. The maximum absolute atomic E-state index is 9.70. The van der Waals surface area contributed by atoms with E-state index >= 15 is 0 Å². The molecular formula is C14H22N2O2. The number of hydrogen-bond donors (Lipinski definition) is 2. The monoisotopic (exact) mass is 250 g/mol. The molecule has 0 aliphatic carbocycles. The highest BCUT2D eigenvalue weighted by atomic mass is 16.5. The third kappa shape index (κ3) is 3.98. The molecule has 0 spiro atoms. The molecule has 1 aromatic rings. The van der Waals surface area contributed by atoms with Crippen molar-refractivity contribution in [2.24, 2.45) is 0 Å². The summed E-state index contributed by atoms with van der Waals surface area (Å²) in [6, 6.07) is 10.7. The van der Waals surface area contributed by atoms with Crippen molar-refractivity contribution in [1.29, 1.82) is 0 Å². The normalized spacial score (nSPS) is 22.0. The minimum Gasteiger partial charge on any atom is -0.389 e. The largest absolute Gasteiger partial charge is 0.389 e. The third-order valence-corrected chi connectivity index (χ3v) is 3.24. The SMILES string of the molecule is COC[C@H](O)CN1CC[C@H](Nc2ccccc2)C1. The number of benzene rings is 1. The van der Waals surface area contributed by atoms with Gasteiger partial charge in [-0.1, -0.05) is 18.2 Å². The van der Waals surface area contributed by atoms with Crippen molar-refractivity contribution in [3.8, 4) is 0 Å². The van der Waals surface area contributed by atoms with Crippen molar-refractivity contribution in [1.82, 2.24) is 4.90 Å². The summed E-state index contributed by atoms with van der Waals surface area (Å²) in [4.78, 5) is 2.28. The van der Waals surface area contributed by atoms with Crippen LogP contribution in [0.25, 0.3) is 0 Å². The van der Waals surface area contributed by atoms with E-state index in [1.807, 2.05) is 18.2 Å². The maximum Gasteiger partial charge on any atom is 0.0900 e. The van der Waals surface area contributed by atoms with Gasteiger partial charge in [-0.15, -0.1) is 0 Å². The first-order valence-corrected chi connectivity index (χ1v) is 6.49. The highest BCUT2D eigenvalue weighted by Gasteiger charge is 2.23. The Morgan fingerprint density at radius 1 is 1.44 bits per heavy atom. The van der Waals surface area contributed by atoms with Crippen LogP contribution >= 0.6 is 0 Å². The zero-order valence-corrected chi connectivity index (χ0v) is 10.9. The first kappa shape index (κ1) is 13.3. The average molecular weight is 250 g/mol. The first-order valence-electron chi connectivity index (χ1n) is 6.49. The minimum atomic E-state index is -0.384. The lowest BCUT2D eigenvalue weighted by atomic mass is 10.2. The molecule has 4 heteroatoms. The summed E-state index contributed by atoms with van der Waals surface area (Å²) >= 11 is 0. The number of aliphatic hydroxyl groups excluding tert-OH is 1. The maximum atomic E-state index is 9.70. The van der Waals surface area contributed by atoms with Crippen molar-refractivity contribution in [2.75, 3.05) is 38.7 Å². The molecule has 2 rings (SSSR count). The van der Waals surface area contributed by atoms with Gasteiger partial charge in [0.05, 0.1) is 12.7 Å². The number of rotatable bonds is 6. The topological polar surface area (TPSA) is 44.7 Å². The van der Waals surface area contributed by atoms with Gasteiger partial charge in [-0.05, 0) is 18.6 Å². The zero-order valence-electron chi connectivity index (χ0n) is 10.9. The number of anilines is 1. The molecule has 0 unspecified atom stereocenters. The Morgan fingerprint density at radius 3 is 2.94 bits per heavy atom. The molecule has 0 amide bonds. The van der Waals surface area contributed by atoms with Crippen LogP contribution in [0.1, 0.15) is 6.42 Å². The van der Waals surface area contributed by atoms with Gasteiger partial charge in [0.25, 0.3) is 0 Å². The predicted octanol–water partition coefficient (Wildman–Crippen LogP) is 1.18. The number of likely N-dealkylation sites (tertiary alicyclic amines) is 1. The molecule has 1 aliphatic rings. The molecule has 100 valence electrons. The third-order valence-electron chi connectivity index (χ3n) is 3.24. The smallest absolute Gasteiger partial charge is 0.0900 e. The van der Waals surface area contributed by atoms with Crippen LogP contribution in [0.5, 0.6) is 0 Å². The van der Waals surface area contributed by atoms with Gasteiger partial charge in [0.1, 0.15) is 0 Å². The second kappa shape index (κ2) is 6.73. The molecule has 2 N–H and O–H groups in total. The van der Waals surface area contributed by atoms with Crippen LogP contribution in [0.3, 0.4) is 0 Å². The van der Waals surface area contributed by atoms with Crippen molar-refractivity contribution >= 4 is 5.69 Å². The van der Waals surface area contributed by atoms with Gasteiger partial charge >= 0.3 is 0 Å². The quantitative estimate of drug-likeness (QED) is 0.796. The number of hydrogen-bond acceptors (Lipinski definition) is 4. The van der Waals surface area contributed by atoms with Gasteiger partial charge in [0.15, 0.2) is 0 Å². The summed E-state index contributed by atoms with van der Waals surface area (Å²) in [6.45, 7) is 3.12. The van der Waals surface area contributed by atoms with Crippen LogP contribution in [0.15, 0.2) is 30.3 Å². The molecule has 1 heterocycles. The Labute approximate surface area is 109 Å². The molecule has 0 saturated carbocycles. The summed E-state index contributed by atoms with van der Waals surface area (Å²) in [6.07, 6.45) is 0.736. The fourth-order valence-electron chi connectivity index (χ4n) is 2.43. The second-order valence-electron chi connectivity index (χ2n) is 4.86. The molecule has 2 atom stereocenters. The van der Waals surface area contributed by atoms with Crippen LogP contribution < -0.4 is 5.32 Å². The van der Waals surface area contributed by atoms with Crippen molar-refractivity contribution < 1.29 is 9.84 Å². The Bertz CT molecular complexity index is 345. The number of aliphatic hydroxyl groups is 1. The summed E-state index contributed by atoms with van der Waals surface area (Å²) in [5.74, 6) is 0. The predicted molar refractivity (Wildman–Crippen MR) is 72.8 cm³/mol. The van der Waals surface area contributed by atoms with Gasteiger partial charge in [0.2, 0.25) is 0 Å². The van der Waals surface area contributed by atoms with E-state index in [2.05, 4.69) is 22.3 Å². The van der Waals surface area contributed by atoms with E-state index in [0.29, 0.717) is 19.2 Å². The Kier molecular flexibility index (Phi) is 4.99. The molecule has 1 aliphatic heterocycles. The lowest BCUT2D eigenvalue weighted by molar-refractivity contribution is 0.0427. The van der Waals surface area contributed by atoms with Gasteiger partial charge in [-0.25, -0.2) is 0 Å². The summed E-state index contributed by atoms with van der Waals surface area (Å²) in [5.41, 5.74) is 1.17. The van der Waals surface area contributed by atoms with Gasteiger partial charge in [-0.3, -0.25) is 4.90 Å². The lowest BCUT2D eigenvalue weighted by Crippen LogP contribution is -2.34. The minimum absolute atomic E-state index is 0.384. The molecule has 0 bridgehead atoms. The lowest BCUT2D eigenvalue weighted by Gasteiger charge is -2.20. The summed E-state index contributed by atoms with van der Waals surface area (Å²) < 4.78 is 4.94. The van der Waals surface area contributed by atoms with E-state index in [1.165, 1.54) is 5.69 Å². The van der Waals surface area contributed by atoms with E-state index in [1.54, 1.807) is 7.11 Å². The van der Waals surface area contributed by atoms with Crippen LogP contribution in [0.4, 0.5) is 5.69 Å². The number of ether oxygens (including phenoxy) is 1. The fraction of sp³-hybridized carbons (Fsp3) is 0.571. The Morgan fingerprint density at radius 2 is 2.22 bits per heavy atom. The average Bonchev–Trinajstić information content (AvgIpc) is 2.78. The van der Waals surface area contributed by atoms with E-state index in [4.69, 9.17) is 4.74 Å². The molecule has 4 nitrogen and oxygen atoms in total. The van der Waals surface area contributed by atoms with Gasteiger partial charge in [-0.2, -0.15) is 0 Å². The summed E-state index contributed by atoms with van der Waals surface area (Å²) in [7, 11) is 1.62. The molecule has 1 saturated heterocycles. The number of nitrogens with zero attached hydrogens (tertiary/aromatic N) is 1. The van der Waals surface area contributed by atoms with Crippen LogP contribution in [-0.4, -0.2) is 55.5 Å². The van der Waals surface area contributed by atoms with Gasteiger partial charge in [0, 0.05) is 38.5 Å². The van der Waals surface area contributed by atoms with E-state index in [-0.39, 0.29) is 6.10 Å². The first-order chi connectivity index (χ1) is 8.78. The number of nitrogens with one attached hydrogen (secondary N) is 1. The summed E-state index contributed by atoms with van der Waals surface area (Å²) in [5, 5.41) is 13.2. The fourth-order valence-corrected chi connectivity index (χ4v) is 2.43. The molecule has 1 aromatic carbocycles. The number of β-amino-alcohol motifs (C(OH)–C–C–N with tert-alkyl or cyclic N) is 1. The number of para-hydroxylation sites is 1. The van der Waals surface area contributed by atoms with Crippen molar-refractivity contribution in [2.45, 2.75) is 18.6 Å². The molecule has 0 radical (unpaired) electrons. The van der Waals surface area contributed by atoms with E-state index in [9.17, 15) is 5.11 Å².